The van der Waals surface area contributed by atoms with Crippen molar-refractivity contribution in [2.45, 2.75) is 0 Å². The second-order valence-electron chi connectivity index (χ2n) is 13.0. The lowest BCUT2D eigenvalue weighted by Crippen LogP contribution is -2.01. The SMILES string of the molecule is c1ccc(-c2ccc(-c3nc(-c4ccccc4)nc(-c4ccccc4-c4ccc5ccc6ccc7nn(-c8ccccc8)nc7c6c5c4)n3)cc2)cc1. The minimum absolute atomic E-state index is 0.614. The molecule has 0 saturated heterocycles. The predicted molar refractivity (Wildman–Crippen MR) is 214 cm³/mol. The maximum atomic E-state index is 5.13. The maximum Gasteiger partial charge on any atom is 0.164 e. The molecule has 0 aliphatic heterocycles. The molecule has 0 amide bonds. The monoisotopic (exact) mass is 678 g/mol. The van der Waals surface area contributed by atoms with Gasteiger partial charge in [-0.25, -0.2) is 15.0 Å². The van der Waals surface area contributed by atoms with Crippen LogP contribution in [0.3, 0.4) is 0 Å². The van der Waals surface area contributed by atoms with E-state index in [1.54, 1.807) is 4.80 Å². The molecule has 10 rings (SSSR count). The first-order chi connectivity index (χ1) is 26.2. The number of aromatic nitrogens is 6. The summed E-state index contributed by atoms with van der Waals surface area (Å²) >= 11 is 0. The van der Waals surface area contributed by atoms with E-state index in [4.69, 9.17) is 25.1 Å². The summed E-state index contributed by atoms with van der Waals surface area (Å²) in [7, 11) is 0. The zero-order valence-corrected chi connectivity index (χ0v) is 28.5. The molecular weight excluding hydrogens is 649 g/mol. The van der Waals surface area contributed by atoms with E-state index in [1.165, 1.54) is 5.56 Å². The third-order valence-electron chi connectivity index (χ3n) is 9.73. The van der Waals surface area contributed by atoms with Gasteiger partial charge in [-0.05, 0) is 62.7 Å². The van der Waals surface area contributed by atoms with Crippen LogP contribution in [0.5, 0.6) is 0 Å². The first-order valence-electron chi connectivity index (χ1n) is 17.6. The Labute approximate surface area is 305 Å². The van der Waals surface area contributed by atoms with Crippen LogP contribution >= 0.6 is 0 Å². The summed E-state index contributed by atoms with van der Waals surface area (Å²) in [5.74, 6) is 1.86. The largest absolute Gasteiger partial charge is 0.208 e. The minimum atomic E-state index is 0.614. The molecule has 10 aromatic rings. The van der Waals surface area contributed by atoms with Crippen molar-refractivity contribution in [2.75, 3.05) is 0 Å². The molecule has 0 aliphatic rings. The van der Waals surface area contributed by atoms with Gasteiger partial charge in [-0.3, -0.25) is 0 Å². The van der Waals surface area contributed by atoms with Crippen LogP contribution in [0, 0.1) is 0 Å². The highest BCUT2D eigenvalue weighted by atomic mass is 15.5. The number of fused-ring (bicyclic) bond motifs is 5. The lowest BCUT2D eigenvalue weighted by molar-refractivity contribution is 0.766. The van der Waals surface area contributed by atoms with Gasteiger partial charge in [0, 0.05) is 22.1 Å². The lowest BCUT2D eigenvalue weighted by Gasteiger charge is -2.13. The van der Waals surface area contributed by atoms with Crippen LogP contribution in [-0.4, -0.2) is 29.9 Å². The van der Waals surface area contributed by atoms with Crippen LogP contribution in [0.1, 0.15) is 0 Å². The Bertz CT molecular complexity index is 2920. The molecule has 53 heavy (non-hydrogen) atoms. The highest BCUT2D eigenvalue weighted by Crippen LogP contribution is 2.37. The van der Waals surface area contributed by atoms with Gasteiger partial charge in [-0.2, -0.15) is 4.80 Å². The molecular formula is C47H30N6. The number of rotatable bonds is 6. The van der Waals surface area contributed by atoms with E-state index in [0.717, 1.165) is 71.6 Å². The summed E-state index contributed by atoms with van der Waals surface area (Å²) in [4.78, 5) is 16.9. The van der Waals surface area contributed by atoms with Gasteiger partial charge >= 0.3 is 0 Å². The Hall–Kier alpha value is -7.31. The molecule has 6 heteroatoms. The topological polar surface area (TPSA) is 69.4 Å². The van der Waals surface area contributed by atoms with Gasteiger partial charge in [0.05, 0.1) is 5.69 Å². The number of hydrogen-bond donors (Lipinski definition) is 0. The lowest BCUT2D eigenvalue weighted by atomic mass is 9.94. The summed E-state index contributed by atoms with van der Waals surface area (Å²) < 4.78 is 0. The van der Waals surface area contributed by atoms with Gasteiger partial charge in [0.15, 0.2) is 17.5 Å². The molecule has 0 N–H and O–H groups in total. The Morgan fingerprint density at radius 1 is 0.358 bits per heavy atom. The van der Waals surface area contributed by atoms with Crippen LogP contribution in [0.4, 0.5) is 0 Å². The Morgan fingerprint density at radius 2 is 0.868 bits per heavy atom. The van der Waals surface area contributed by atoms with Crippen LogP contribution in [0.25, 0.3) is 94.7 Å². The molecule has 248 valence electrons. The highest BCUT2D eigenvalue weighted by Gasteiger charge is 2.17. The van der Waals surface area contributed by atoms with Crippen molar-refractivity contribution in [3.8, 4) is 62.1 Å². The smallest absolute Gasteiger partial charge is 0.164 e. The summed E-state index contributed by atoms with van der Waals surface area (Å²) in [6.45, 7) is 0. The van der Waals surface area contributed by atoms with Crippen LogP contribution in [0.15, 0.2) is 182 Å². The second-order valence-corrected chi connectivity index (χ2v) is 13.0. The van der Waals surface area contributed by atoms with Crippen molar-refractivity contribution in [2.24, 2.45) is 0 Å². The molecule has 8 aromatic carbocycles. The maximum absolute atomic E-state index is 5.13. The van der Waals surface area contributed by atoms with E-state index in [-0.39, 0.29) is 0 Å². The quantitative estimate of drug-likeness (QED) is 0.164. The number of benzene rings is 8. The molecule has 0 aliphatic carbocycles. The van der Waals surface area contributed by atoms with Gasteiger partial charge in [0.1, 0.15) is 11.0 Å². The first-order valence-corrected chi connectivity index (χ1v) is 17.6. The molecule has 0 unspecified atom stereocenters. The summed E-state index contributed by atoms with van der Waals surface area (Å²) in [5, 5.41) is 14.3. The van der Waals surface area contributed by atoms with Crippen molar-refractivity contribution in [1.29, 1.82) is 0 Å². The fraction of sp³-hybridized carbons (Fsp3) is 0. The van der Waals surface area contributed by atoms with Crippen molar-refractivity contribution >= 4 is 32.6 Å². The average molecular weight is 679 g/mol. The molecule has 0 spiro atoms. The minimum Gasteiger partial charge on any atom is -0.208 e. The third kappa shape index (κ3) is 5.59. The number of hydrogen-bond acceptors (Lipinski definition) is 5. The van der Waals surface area contributed by atoms with Crippen LogP contribution < -0.4 is 0 Å². The molecule has 0 fully saturated rings. The van der Waals surface area contributed by atoms with Gasteiger partial charge < -0.3 is 0 Å². The molecule has 2 aromatic heterocycles. The molecule has 0 saturated carbocycles. The predicted octanol–water partition coefficient (Wildman–Crippen LogP) is 11.2. The second kappa shape index (κ2) is 12.8. The summed E-state index contributed by atoms with van der Waals surface area (Å²) in [5.41, 5.74) is 9.82. The average Bonchev–Trinajstić information content (AvgIpc) is 3.69. The third-order valence-corrected chi connectivity index (χ3v) is 9.73. The van der Waals surface area contributed by atoms with Crippen LogP contribution in [0.2, 0.25) is 0 Å². The van der Waals surface area contributed by atoms with Crippen molar-refractivity contribution in [1.82, 2.24) is 29.9 Å². The molecule has 0 radical (unpaired) electrons. The fourth-order valence-corrected chi connectivity index (χ4v) is 7.07. The van der Waals surface area contributed by atoms with Crippen LogP contribution in [-0.2, 0) is 0 Å². The van der Waals surface area contributed by atoms with Gasteiger partial charge in [0.25, 0.3) is 0 Å². The normalized spacial score (nSPS) is 11.4. The van der Waals surface area contributed by atoms with E-state index in [2.05, 4.69) is 103 Å². The van der Waals surface area contributed by atoms with Gasteiger partial charge in [-0.15, -0.1) is 10.2 Å². The standard InChI is InChI=1S/C47H30N6/c1-4-12-31(13-5-1)32-20-25-36(26-21-32)46-48-45(35-14-6-2-7-15-35)49-47(50-46)40-19-11-10-18-39(40)37-27-23-33-22-24-34-28-29-42-44(43(34)41(33)30-37)52-53(51-42)38-16-8-3-9-17-38/h1-30H. The number of para-hydroxylation sites is 1. The summed E-state index contributed by atoms with van der Waals surface area (Å²) in [6, 6.07) is 62.4. The highest BCUT2D eigenvalue weighted by molar-refractivity contribution is 6.19. The van der Waals surface area contributed by atoms with E-state index in [0.29, 0.717) is 17.5 Å². The Morgan fingerprint density at radius 3 is 1.60 bits per heavy atom. The van der Waals surface area contributed by atoms with Gasteiger partial charge in [-0.1, -0.05) is 158 Å². The zero-order chi connectivity index (χ0) is 35.1. The van der Waals surface area contributed by atoms with E-state index in [9.17, 15) is 0 Å². The number of nitrogens with zero attached hydrogens (tertiary/aromatic N) is 6. The Balaban J connectivity index is 1.13. The molecule has 0 atom stereocenters. The van der Waals surface area contributed by atoms with Crippen molar-refractivity contribution in [3.63, 3.8) is 0 Å². The first kappa shape index (κ1) is 30.5. The summed E-state index contributed by atoms with van der Waals surface area (Å²) in [6.07, 6.45) is 0. The van der Waals surface area contributed by atoms with E-state index in [1.807, 2.05) is 78.9 Å². The van der Waals surface area contributed by atoms with E-state index < -0.39 is 0 Å². The van der Waals surface area contributed by atoms with Crippen molar-refractivity contribution < 1.29 is 0 Å². The van der Waals surface area contributed by atoms with Gasteiger partial charge in [0.2, 0.25) is 0 Å². The van der Waals surface area contributed by atoms with Crippen molar-refractivity contribution in [3.05, 3.63) is 182 Å². The zero-order valence-electron chi connectivity index (χ0n) is 28.5. The molecule has 0 bridgehead atoms. The fourth-order valence-electron chi connectivity index (χ4n) is 7.07. The Kier molecular flexibility index (Phi) is 7.36. The van der Waals surface area contributed by atoms with E-state index >= 15 is 0 Å². The molecule has 2 heterocycles. The molecule has 6 nitrogen and oxygen atoms in total.